The molecule has 0 unspecified atom stereocenters. The van der Waals surface area contributed by atoms with Crippen molar-refractivity contribution in [1.82, 2.24) is 9.80 Å². The summed E-state index contributed by atoms with van der Waals surface area (Å²) in [4.78, 5) is 27.4. The molecule has 0 radical (unpaired) electrons. The average Bonchev–Trinajstić information content (AvgIpc) is 2.94. The van der Waals surface area contributed by atoms with Gasteiger partial charge in [0.25, 0.3) is 5.91 Å². The molecule has 0 N–H and O–H groups in total. The van der Waals surface area contributed by atoms with E-state index in [1.165, 1.54) is 0 Å². The van der Waals surface area contributed by atoms with Crippen molar-refractivity contribution in [3.8, 4) is 17.2 Å². The normalized spacial score (nSPS) is 14.4. The Balaban J connectivity index is 1.48. The molecule has 1 heterocycles. The summed E-state index contributed by atoms with van der Waals surface area (Å²) in [6.07, 6.45) is 0.789. The SMILES string of the molecule is CC(=O)N1CCCN(C(=O)COc2ccc(Oc3ccccc3)cc2)CC1. The number of rotatable bonds is 5. The van der Waals surface area contributed by atoms with E-state index < -0.39 is 0 Å². The van der Waals surface area contributed by atoms with Crippen LogP contribution in [0.4, 0.5) is 0 Å². The Hall–Kier alpha value is -3.02. The number of hydrogen-bond donors (Lipinski definition) is 0. The smallest absolute Gasteiger partial charge is 0.260 e. The highest BCUT2D eigenvalue weighted by molar-refractivity contribution is 5.78. The quantitative estimate of drug-likeness (QED) is 0.814. The van der Waals surface area contributed by atoms with Crippen molar-refractivity contribution in [2.45, 2.75) is 13.3 Å². The molecule has 6 nitrogen and oxygen atoms in total. The number of ether oxygens (including phenoxy) is 2. The van der Waals surface area contributed by atoms with Crippen molar-refractivity contribution in [2.75, 3.05) is 32.8 Å². The zero-order chi connectivity index (χ0) is 19.1. The molecule has 1 fully saturated rings. The third kappa shape index (κ3) is 5.48. The summed E-state index contributed by atoms with van der Waals surface area (Å²) < 4.78 is 11.3. The Morgan fingerprint density at radius 2 is 1.41 bits per heavy atom. The van der Waals surface area contributed by atoms with E-state index >= 15 is 0 Å². The van der Waals surface area contributed by atoms with E-state index in [0.29, 0.717) is 37.7 Å². The molecule has 1 saturated heterocycles. The fourth-order valence-corrected chi connectivity index (χ4v) is 2.95. The molecular formula is C21H24N2O4. The van der Waals surface area contributed by atoms with Gasteiger partial charge in [-0.3, -0.25) is 9.59 Å². The zero-order valence-corrected chi connectivity index (χ0v) is 15.5. The first-order valence-corrected chi connectivity index (χ1v) is 9.11. The van der Waals surface area contributed by atoms with Crippen LogP contribution in [0.3, 0.4) is 0 Å². The van der Waals surface area contributed by atoms with Crippen LogP contribution in [-0.2, 0) is 9.59 Å². The highest BCUT2D eigenvalue weighted by Gasteiger charge is 2.20. The largest absolute Gasteiger partial charge is 0.484 e. The minimum atomic E-state index is -0.0648. The molecule has 2 aromatic carbocycles. The molecule has 27 heavy (non-hydrogen) atoms. The second kappa shape index (κ2) is 9.07. The van der Waals surface area contributed by atoms with Crippen molar-refractivity contribution in [3.05, 3.63) is 54.6 Å². The first kappa shape index (κ1) is 18.8. The first-order valence-electron chi connectivity index (χ1n) is 9.11. The van der Waals surface area contributed by atoms with Gasteiger partial charge >= 0.3 is 0 Å². The number of hydrogen-bond acceptors (Lipinski definition) is 4. The van der Waals surface area contributed by atoms with Gasteiger partial charge in [0, 0.05) is 33.1 Å². The second-order valence-electron chi connectivity index (χ2n) is 6.42. The lowest BCUT2D eigenvalue weighted by atomic mass is 10.3. The third-order valence-corrected chi connectivity index (χ3v) is 4.46. The number of carbonyl (C=O) groups excluding carboxylic acids is 2. The maximum Gasteiger partial charge on any atom is 0.260 e. The molecule has 2 amide bonds. The van der Waals surface area contributed by atoms with Crippen LogP contribution < -0.4 is 9.47 Å². The molecule has 0 saturated carbocycles. The van der Waals surface area contributed by atoms with Crippen LogP contribution >= 0.6 is 0 Å². The number of nitrogens with zero attached hydrogens (tertiary/aromatic N) is 2. The fraction of sp³-hybridized carbons (Fsp3) is 0.333. The number of para-hydroxylation sites is 1. The Morgan fingerprint density at radius 1 is 0.815 bits per heavy atom. The van der Waals surface area contributed by atoms with Crippen LogP contribution in [-0.4, -0.2) is 54.4 Å². The van der Waals surface area contributed by atoms with Gasteiger partial charge in [0.15, 0.2) is 6.61 Å². The highest BCUT2D eigenvalue weighted by atomic mass is 16.5. The monoisotopic (exact) mass is 368 g/mol. The van der Waals surface area contributed by atoms with Gasteiger partial charge in [0.05, 0.1) is 0 Å². The van der Waals surface area contributed by atoms with Gasteiger partial charge in [-0.05, 0) is 42.8 Å². The Kier molecular flexibility index (Phi) is 6.30. The summed E-state index contributed by atoms with van der Waals surface area (Å²) >= 11 is 0. The Labute approximate surface area is 159 Å². The van der Waals surface area contributed by atoms with E-state index in [9.17, 15) is 9.59 Å². The maximum atomic E-state index is 12.4. The molecule has 1 aliphatic heterocycles. The van der Waals surface area contributed by atoms with Crippen LogP contribution in [0.1, 0.15) is 13.3 Å². The minimum Gasteiger partial charge on any atom is -0.484 e. The topological polar surface area (TPSA) is 59.1 Å². The fourth-order valence-electron chi connectivity index (χ4n) is 2.95. The van der Waals surface area contributed by atoms with Crippen LogP contribution in [0.25, 0.3) is 0 Å². The van der Waals surface area contributed by atoms with Crippen LogP contribution in [0.15, 0.2) is 54.6 Å². The summed E-state index contributed by atoms with van der Waals surface area (Å²) in [7, 11) is 0. The zero-order valence-electron chi connectivity index (χ0n) is 15.5. The number of amides is 2. The lowest BCUT2D eigenvalue weighted by molar-refractivity contribution is -0.134. The average molecular weight is 368 g/mol. The Bertz CT molecular complexity index is 762. The van der Waals surface area contributed by atoms with Crippen LogP contribution in [0, 0.1) is 0 Å². The number of carbonyl (C=O) groups is 2. The van der Waals surface area contributed by atoms with E-state index in [2.05, 4.69) is 0 Å². The molecule has 0 atom stereocenters. The van der Waals surface area contributed by atoms with Crippen molar-refractivity contribution < 1.29 is 19.1 Å². The van der Waals surface area contributed by atoms with E-state index in [4.69, 9.17) is 9.47 Å². The van der Waals surface area contributed by atoms with Gasteiger partial charge in [-0.15, -0.1) is 0 Å². The summed E-state index contributed by atoms with van der Waals surface area (Å²) in [6, 6.07) is 16.7. The maximum absolute atomic E-state index is 12.4. The molecule has 2 aromatic rings. The van der Waals surface area contributed by atoms with E-state index in [0.717, 1.165) is 12.2 Å². The molecule has 0 spiro atoms. The Morgan fingerprint density at radius 3 is 2.11 bits per heavy atom. The third-order valence-electron chi connectivity index (χ3n) is 4.46. The standard InChI is InChI=1S/C21H24N2O4/c1-17(24)22-12-5-13-23(15-14-22)21(25)16-26-18-8-10-20(11-9-18)27-19-6-3-2-4-7-19/h2-4,6-11H,5,12-16H2,1H3. The van der Waals surface area contributed by atoms with Gasteiger partial charge in [-0.25, -0.2) is 0 Å². The molecule has 0 aromatic heterocycles. The summed E-state index contributed by atoms with van der Waals surface area (Å²) in [5.74, 6) is 2.08. The van der Waals surface area contributed by atoms with Gasteiger partial charge in [-0.1, -0.05) is 18.2 Å². The predicted molar refractivity (Wildman–Crippen MR) is 102 cm³/mol. The van der Waals surface area contributed by atoms with Crippen LogP contribution in [0.5, 0.6) is 17.2 Å². The van der Waals surface area contributed by atoms with Crippen LogP contribution in [0.2, 0.25) is 0 Å². The number of benzene rings is 2. The van der Waals surface area contributed by atoms with Gasteiger partial charge in [-0.2, -0.15) is 0 Å². The molecule has 0 bridgehead atoms. The van der Waals surface area contributed by atoms with Gasteiger partial charge < -0.3 is 19.3 Å². The lowest BCUT2D eigenvalue weighted by Crippen LogP contribution is -2.38. The molecular weight excluding hydrogens is 344 g/mol. The second-order valence-corrected chi connectivity index (χ2v) is 6.42. The van der Waals surface area contributed by atoms with Gasteiger partial charge in [0.2, 0.25) is 5.91 Å². The van der Waals surface area contributed by atoms with Crippen molar-refractivity contribution in [3.63, 3.8) is 0 Å². The molecule has 0 aliphatic carbocycles. The van der Waals surface area contributed by atoms with E-state index in [-0.39, 0.29) is 18.4 Å². The lowest BCUT2D eigenvalue weighted by Gasteiger charge is -2.21. The molecule has 3 rings (SSSR count). The minimum absolute atomic E-state index is 0.0149. The van der Waals surface area contributed by atoms with E-state index in [1.807, 2.05) is 42.5 Å². The summed E-state index contributed by atoms with van der Waals surface area (Å²) in [5.41, 5.74) is 0. The van der Waals surface area contributed by atoms with Gasteiger partial charge in [0.1, 0.15) is 17.2 Å². The first-order chi connectivity index (χ1) is 13.1. The molecule has 6 heteroatoms. The van der Waals surface area contributed by atoms with Crippen molar-refractivity contribution in [1.29, 1.82) is 0 Å². The predicted octanol–water partition coefficient (Wildman–Crippen LogP) is 2.94. The summed E-state index contributed by atoms with van der Waals surface area (Å²) in [5, 5.41) is 0. The highest BCUT2D eigenvalue weighted by Crippen LogP contribution is 2.23. The van der Waals surface area contributed by atoms with E-state index in [1.54, 1.807) is 28.9 Å². The molecule has 142 valence electrons. The van der Waals surface area contributed by atoms with Crippen molar-refractivity contribution >= 4 is 11.8 Å². The molecule has 1 aliphatic rings. The van der Waals surface area contributed by atoms with Crippen molar-refractivity contribution in [2.24, 2.45) is 0 Å². The summed E-state index contributed by atoms with van der Waals surface area (Å²) in [6.45, 7) is 4.02.